The van der Waals surface area contributed by atoms with Crippen molar-refractivity contribution in [3.05, 3.63) is 35.4 Å². The zero-order valence-corrected chi connectivity index (χ0v) is 9.63. The Morgan fingerprint density at radius 3 is 2.25 bits per heavy atom. The second-order valence-corrected chi connectivity index (χ2v) is 4.31. The Labute approximate surface area is 93.9 Å². The van der Waals surface area contributed by atoms with Crippen LogP contribution in [0.5, 0.6) is 0 Å². The van der Waals surface area contributed by atoms with Crippen molar-refractivity contribution in [2.45, 2.75) is 39.1 Å². The van der Waals surface area contributed by atoms with Gasteiger partial charge in [-0.05, 0) is 32.9 Å². The van der Waals surface area contributed by atoms with Gasteiger partial charge in [0.15, 0.2) is 0 Å². The SMILES string of the molecule is C[C@@H](OCc1c(F)cccc1F)C(C)(C)O. The quantitative estimate of drug-likeness (QED) is 0.861. The molecule has 0 bridgehead atoms. The summed E-state index contributed by atoms with van der Waals surface area (Å²) in [4.78, 5) is 0. The molecule has 0 heterocycles. The lowest BCUT2D eigenvalue weighted by atomic mass is 10.0. The van der Waals surface area contributed by atoms with E-state index >= 15 is 0 Å². The van der Waals surface area contributed by atoms with Gasteiger partial charge in [0.05, 0.1) is 18.3 Å². The molecule has 0 aliphatic rings. The Balaban J connectivity index is 2.69. The Kier molecular flexibility index (Phi) is 3.99. The minimum atomic E-state index is -1.04. The van der Waals surface area contributed by atoms with Crippen LogP contribution in [0.15, 0.2) is 18.2 Å². The third kappa shape index (κ3) is 3.25. The summed E-state index contributed by atoms with van der Waals surface area (Å²) in [6, 6.07) is 3.65. The first kappa shape index (κ1) is 13.1. The predicted octanol–water partition coefficient (Wildman–Crippen LogP) is 2.64. The van der Waals surface area contributed by atoms with Crippen LogP contribution in [0.4, 0.5) is 8.78 Å². The van der Waals surface area contributed by atoms with Crippen molar-refractivity contribution >= 4 is 0 Å². The lowest BCUT2D eigenvalue weighted by molar-refractivity contribution is -0.0861. The van der Waals surface area contributed by atoms with E-state index in [0.717, 1.165) is 0 Å². The second-order valence-electron chi connectivity index (χ2n) is 4.31. The molecule has 2 nitrogen and oxygen atoms in total. The molecule has 1 N–H and O–H groups in total. The fraction of sp³-hybridized carbons (Fsp3) is 0.500. The van der Waals surface area contributed by atoms with Crippen LogP contribution in [0.1, 0.15) is 26.3 Å². The maximum absolute atomic E-state index is 13.2. The minimum absolute atomic E-state index is 0.112. The van der Waals surface area contributed by atoms with Crippen LogP contribution < -0.4 is 0 Å². The van der Waals surface area contributed by atoms with E-state index in [1.54, 1.807) is 20.8 Å². The Bertz CT molecular complexity index is 338. The number of hydrogen-bond acceptors (Lipinski definition) is 2. The standard InChI is InChI=1S/C12H16F2O2/c1-8(12(2,3)15)16-7-9-10(13)5-4-6-11(9)14/h4-6,8,15H,7H2,1-3H3/t8-/m1/s1. The van der Waals surface area contributed by atoms with Crippen LogP contribution in [-0.4, -0.2) is 16.8 Å². The highest BCUT2D eigenvalue weighted by Gasteiger charge is 2.23. The van der Waals surface area contributed by atoms with Crippen LogP contribution in [0.3, 0.4) is 0 Å². The molecule has 0 aliphatic carbocycles. The van der Waals surface area contributed by atoms with E-state index < -0.39 is 23.3 Å². The van der Waals surface area contributed by atoms with E-state index in [2.05, 4.69) is 0 Å². The van der Waals surface area contributed by atoms with E-state index in [-0.39, 0.29) is 12.2 Å². The van der Waals surface area contributed by atoms with Crippen molar-refractivity contribution in [1.29, 1.82) is 0 Å². The first-order valence-corrected chi connectivity index (χ1v) is 5.09. The van der Waals surface area contributed by atoms with E-state index in [1.807, 2.05) is 0 Å². The number of hydrogen-bond donors (Lipinski definition) is 1. The lowest BCUT2D eigenvalue weighted by Gasteiger charge is -2.26. The molecular formula is C12H16F2O2. The molecule has 1 aromatic carbocycles. The van der Waals surface area contributed by atoms with Crippen LogP contribution in [0.25, 0.3) is 0 Å². The van der Waals surface area contributed by atoms with E-state index in [1.165, 1.54) is 18.2 Å². The summed E-state index contributed by atoms with van der Waals surface area (Å²) in [5, 5.41) is 9.59. The molecule has 0 fully saturated rings. The number of benzene rings is 1. The first-order valence-electron chi connectivity index (χ1n) is 5.09. The molecule has 0 spiro atoms. The largest absolute Gasteiger partial charge is 0.388 e. The van der Waals surface area contributed by atoms with Gasteiger partial charge in [0.25, 0.3) is 0 Å². The van der Waals surface area contributed by atoms with Crippen LogP contribution >= 0.6 is 0 Å². The summed E-state index contributed by atoms with van der Waals surface area (Å²) < 4.78 is 31.7. The predicted molar refractivity (Wildman–Crippen MR) is 56.9 cm³/mol. The number of ether oxygens (including phenoxy) is 1. The van der Waals surface area contributed by atoms with Crippen molar-refractivity contribution in [2.75, 3.05) is 0 Å². The summed E-state index contributed by atoms with van der Waals surface area (Å²) in [6.45, 7) is 4.62. The molecule has 4 heteroatoms. The molecule has 16 heavy (non-hydrogen) atoms. The zero-order chi connectivity index (χ0) is 12.3. The van der Waals surface area contributed by atoms with Gasteiger partial charge >= 0.3 is 0 Å². The summed E-state index contributed by atoms with van der Waals surface area (Å²) in [6.07, 6.45) is -0.508. The summed E-state index contributed by atoms with van der Waals surface area (Å²) in [7, 11) is 0. The lowest BCUT2D eigenvalue weighted by Crippen LogP contribution is -2.35. The topological polar surface area (TPSA) is 29.5 Å². The molecule has 0 amide bonds. The molecule has 1 aromatic rings. The van der Waals surface area contributed by atoms with Gasteiger partial charge < -0.3 is 9.84 Å². The van der Waals surface area contributed by atoms with Crippen LogP contribution in [0, 0.1) is 11.6 Å². The van der Waals surface area contributed by atoms with Gasteiger partial charge in [-0.15, -0.1) is 0 Å². The third-order valence-electron chi connectivity index (χ3n) is 2.53. The van der Waals surface area contributed by atoms with Gasteiger partial charge in [0, 0.05) is 5.56 Å². The summed E-state index contributed by atoms with van der Waals surface area (Å²) in [5.41, 5.74) is -1.15. The van der Waals surface area contributed by atoms with Gasteiger partial charge in [-0.2, -0.15) is 0 Å². The fourth-order valence-corrected chi connectivity index (χ4v) is 1.08. The average Bonchev–Trinajstić information content (AvgIpc) is 2.15. The zero-order valence-electron chi connectivity index (χ0n) is 9.63. The molecule has 0 radical (unpaired) electrons. The molecule has 1 atom stereocenters. The van der Waals surface area contributed by atoms with Gasteiger partial charge in [0.2, 0.25) is 0 Å². The highest BCUT2D eigenvalue weighted by atomic mass is 19.1. The molecule has 0 aliphatic heterocycles. The van der Waals surface area contributed by atoms with E-state index in [9.17, 15) is 13.9 Å². The highest BCUT2D eigenvalue weighted by molar-refractivity contribution is 5.18. The maximum atomic E-state index is 13.2. The minimum Gasteiger partial charge on any atom is -0.388 e. The molecule has 0 unspecified atom stereocenters. The number of aliphatic hydroxyl groups is 1. The fourth-order valence-electron chi connectivity index (χ4n) is 1.08. The third-order valence-corrected chi connectivity index (χ3v) is 2.53. The summed E-state index contributed by atoms with van der Waals surface area (Å²) in [5.74, 6) is -1.27. The average molecular weight is 230 g/mol. The molecule has 0 saturated carbocycles. The summed E-state index contributed by atoms with van der Waals surface area (Å²) >= 11 is 0. The number of rotatable bonds is 4. The van der Waals surface area contributed by atoms with Crippen molar-refractivity contribution in [1.82, 2.24) is 0 Å². The molecular weight excluding hydrogens is 214 g/mol. The van der Waals surface area contributed by atoms with Crippen LogP contribution in [0.2, 0.25) is 0 Å². The van der Waals surface area contributed by atoms with Crippen molar-refractivity contribution in [2.24, 2.45) is 0 Å². The maximum Gasteiger partial charge on any atom is 0.131 e. The van der Waals surface area contributed by atoms with Crippen molar-refractivity contribution in [3.8, 4) is 0 Å². The van der Waals surface area contributed by atoms with Crippen molar-refractivity contribution in [3.63, 3.8) is 0 Å². The van der Waals surface area contributed by atoms with Gasteiger partial charge in [-0.25, -0.2) is 8.78 Å². The smallest absolute Gasteiger partial charge is 0.131 e. The highest BCUT2D eigenvalue weighted by Crippen LogP contribution is 2.17. The van der Waals surface area contributed by atoms with Gasteiger partial charge in [-0.3, -0.25) is 0 Å². The molecule has 90 valence electrons. The van der Waals surface area contributed by atoms with Gasteiger partial charge in [-0.1, -0.05) is 6.07 Å². The van der Waals surface area contributed by atoms with Crippen LogP contribution in [-0.2, 0) is 11.3 Å². The second kappa shape index (κ2) is 4.89. The molecule has 0 saturated heterocycles. The van der Waals surface area contributed by atoms with Gasteiger partial charge in [0.1, 0.15) is 11.6 Å². The normalized spacial score (nSPS) is 13.9. The van der Waals surface area contributed by atoms with E-state index in [0.29, 0.717) is 0 Å². The molecule has 1 rings (SSSR count). The molecule has 0 aromatic heterocycles. The Hall–Kier alpha value is -1.00. The first-order chi connectivity index (χ1) is 7.32. The van der Waals surface area contributed by atoms with E-state index in [4.69, 9.17) is 4.74 Å². The monoisotopic (exact) mass is 230 g/mol. The Morgan fingerprint density at radius 2 is 1.81 bits per heavy atom. The van der Waals surface area contributed by atoms with Crippen molar-refractivity contribution < 1.29 is 18.6 Å². The number of halogens is 2. The Morgan fingerprint density at radius 1 is 1.31 bits per heavy atom.